The van der Waals surface area contributed by atoms with Crippen LogP contribution < -0.4 is 4.74 Å². The van der Waals surface area contributed by atoms with Gasteiger partial charge in [0.2, 0.25) is 0 Å². The number of benzene rings is 4. The lowest BCUT2D eigenvalue weighted by molar-refractivity contribution is -0.377. The molecule has 4 aromatic carbocycles. The van der Waals surface area contributed by atoms with Crippen molar-refractivity contribution >= 4 is 23.4 Å². The third-order valence-electron chi connectivity index (χ3n) is 7.94. The molecule has 0 aliphatic heterocycles. The fraction of sp³-hybridized carbons (Fsp3) is 0.314. The van der Waals surface area contributed by atoms with Crippen molar-refractivity contribution in [1.29, 1.82) is 0 Å². The van der Waals surface area contributed by atoms with Crippen molar-refractivity contribution in [2.45, 2.75) is 47.9 Å². The lowest BCUT2D eigenvalue weighted by Crippen LogP contribution is -2.54. The van der Waals surface area contributed by atoms with Crippen LogP contribution in [0.3, 0.4) is 0 Å². The summed E-state index contributed by atoms with van der Waals surface area (Å²) in [7, 11) is 0. The Bertz CT molecular complexity index is 1660. The molecule has 270 valence electrons. The third kappa shape index (κ3) is 8.87. The van der Waals surface area contributed by atoms with Crippen LogP contribution in [0.25, 0.3) is 0 Å². The lowest BCUT2D eigenvalue weighted by atomic mass is 9.90. The van der Waals surface area contributed by atoms with E-state index in [1.54, 1.807) is 0 Å². The van der Waals surface area contributed by atoms with Crippen molar-refractivity contribution in [3.05, 3.63) is 130 Å². The second-order valence-electron chi connectivity index (χ2n) is 11.3. The van der Waals surface area contributed by atoms with Crippen molar-refractivity contribution in [1.82, 2.24) is 4.90 Å². The molecule has 0 heterocycles. The molecule has 4 rings (SSSR count). The fourth-order valence-electron chi connectivity index (χ4n) is 5.50. The number of aliphatic hydroxyl groups is 1. The van der Waals surface area contributed by atoms with Gasteiger partial charge in [-0.1, -0.05) is 84.4 Å². The zero-order valence-electron chi connectivity index (χ0n) is 26.1. The minimum absolute atomic E-state index is 0.0215. The Kier molecular flexibility index (Phi) is 12.5. The summed E-state index contributed by atoms with van der Waals surface area (Å²) in [5.74, 6) is -2.60. The van der Waals surface area contributed by atoms with Gasteiger partial charge in [0.25, 0.3) is 5.60 Å². The maximum absolute atomic E-state index is 15.0. The Morgan fingerprint density at radius 3 is 1.86 bits per heavy atom. The van der Waals surface area contributed by atoms with Crippen LogP contribution in [0.4, 0.5) is 43.9 Å². The molecule has 0 aliphatic carbocycles. The Morgan fingerprint density at radius 1 is 0.800 bits per heavy atom. The number of nitrogens with zero attached hydrogens (tertiary/aromatic N) is 1. The van der Waals surface area contributed by atoms with Crippen molar-refractivity contribution in [3.8, 4) is 5.75 Å². The van der Waals surface area contributed by atoms with Crippen LogP contribution in [0.2, 0.25) is 5.02 Å². The topological polar surface area (TPSA) is 32.7 Å². The molecule has 0 amide bonds. The molecule has 4 aromatic rings. The maximum atomic E-state index is 15.0. The van der Waals surface area contributed by atoms with E-state index >= 15 is 0 Å². The Morgan fingerprint density at radius 2 is 1.36 bits per heavy atom. The minimum atomic E-state index is -6.29. The number of ether oxygens (including phenoxy) is 1. The fourth-order valence-corrected chi connectivity index (χ4v) is 6.48. The van der Waals surface area contributed by atoms with Gasteiger partial charge < -0.3 is 9.84 Å². The normalized spacial score (nSPS) is 12.9. The first-order valence-corrected chi connectivity index (χ1v) is 16.5. The van der Waals surface area contributed by atoms with Gasteiger partial charge in [-0.2, -0.15) is 39.5 Å². The molecule has 0 aromatic heterocycles. The van der Waals surface area contributed by atoms with Crippen molar-refractivity contribution < 1.29 is 53.7 Å². The van der Waals surface area contributed by atoms with E-state index in [1.807, 2.05) is 65.6 Å². The number of thioether (sulfide) groups is 1. The number of alkyl halides is 9. The van der Waals surface area contributed by atoms with Crippen molar-refractivity contribution in [3.63, 3.8) is 0 Å². The molecule has 0 saturated carbocycles. The van der Waals surface area contributed by atoms with E-state index in [4.69, 9.17) is 16.3 Å². The van der Waals surface area contributed by atoms with E-state index in [0.717, 1.165) is 29.5 Å². The number of halogens is 11. The molecule has 3 nitrogen and oxygen atoms in total. The van der Waals surface area contributed by atoms with Crippen LogP contribution in [-0.2, 0) is 18.3 Å². The van der Waals surface area contributed by atoms with E-state index < -0.39 is 51.0 Å². The monoisotopic (exact) mass is 753 g/mol. The molecule has 50 heavy (non-hydrogen) atoms. The predicted molar refractivity (Wildman–Crippen MR) is 171 cm³/mol. The average molecular weight is 754 g/mol. The van der Waals surface area contributed by atoms with Crippen molar-refractivity contribution in [2.75, 3.05) is 26.0 Å². The maximum Gasteiger partial charge on any atom is 0.430 e. The molecule has 0 aliphatic rings. The first-order chi connectivity index (χ1) is 23.4. The summed E-state index contributed by atoms with van der Waals surface area (Å²) in [6.07, 6.45) is -16.0. The quantitative estimate of drug-likeness (QED) is 0.0837. The van der Waals surface area contributed by atoms with Gasteiger partial charge in [0, 0.05) is 36.5 Å². The first kappa shape index (κ1) is 39.3. The van der Waals surface area contributed by atoms with Gasteiger partial charge in [0.1, 0.15) is 11.6 Å². The zero-order chi connectivity index (χ0) is 36.9. The van der Waals surface area contributed by atoms with E-state index in [2.05, 4.69) is 0 Å². The highest BCUT2D eigenvalue weighted by Crippen LogP contribution is 2.53. The highest BCUT2D eigenvalue weighted by atomic mass is 35.5. The van der Waals surface area contributed by atoms with Crippen LogP contribution in [0.1, 0.15) is 40.2 Å². The molecule has 1 N–H and O–H groups in total. The Labute approximate surface area is 290 Å². The molecule has 0 spiro atoms. The molecule has 0 unspecified atom stereocenters. The first-order valence-electron chi connectivity index (χ1n) is 14.9. The van der Waals surface area contributed by atoms with Gasteiger partial charge in [0.05, 0.1) is 22.8 Å². The second kappa shape index (κ2) is 15.8. The highest BCUT2D eigenvalue weighted by molar-refractivity contribution is 7.98. The molecule has 0 fully saturated rings. The SMILES string of the molecule is CSc1cc(OCCCN(Cc2cccc(C(F)(F)F)c2Cl)CC(c2ccccc2)c2ccccc2)cc(F)c1C(O)(C(F)(F)F)C(F)(F)F. The molecule has 0 radical (unpaired) electrons. The second-order valence-corrected chi connectivity index (χ2v) is 12.5. The van der Waals surface area contributed by atoms with E-state index in [0.29, 0.717) is 24.4 Å². The Hall–Kier alpha value is -3.46. The predicted octanol–water partition coefficient (Wildman–Crippen LogP) is 10.6. The van der Waals surface area contributed by atoms with E-state index in [1.165, 1.54) is 12.1 Å². The average Bonchev–Trinajstić information content (AvgIpc) is 3.04. The zero-order valence-corrected chi connectivity index (χ0v) is 27.7. The molecular formula is C35H30ClF10NO2S. The van der Waals surface area contributed by atoms with Crippen LogP contribution >= 0.6 is 23.4 Å². The summed E-state index contributed by atoms with van der Waals surface area (Å²) in [6.45, 7) is 0.254. The largest absolute Gasteiger partial charge is 0.493 e. The summed E-state index contributed by atoms with van der Waals surface area (Å²) >= 11 is 6.58. The molecule has 0 bridgehead atoms. The summed E-state index contributed by atoms with van der Waals surface area (Å²) < 4.78 is 143. The summed E-state index contributed by atoms with van der Waals surface area (Å²) in [6, 6.07) is 23.4. The van der Waals surface area contributed by atoms with Gasteiger partial charge >= 0.3 is 18.5 Å². The van der Waals surface area contributed by atoms with Crippen LogP contribution in [0.15, 0.2) is 95.9 Å². The number of rotatable bonds is 13. The van der Waals surface area contributed by atoms with Crippen molar-refractivity contribution in [2.24, 2.45) is 0 Å². The van der Waals surface area contributed by atoms with E-state index in [-0.39, 0.29) is 43.3 Å². The standard InChI is InChI=1S/C35H30ClF10NO2S/c1-50-29-19-25(18-28(37)30(29)32(48,34(41,42)43)35(44,45)46)49-17-9-16-47(20-24-14-8-15-27(31(24)36)33(38,39)40)21-26(22-10-4-2-5-11-22)23-12-6-3-7-13-23/h2-8,10-15,18-19,26,48H,9,16-17,20-21H2,1H3. The van der Waals surface area contributed by atoms with Gasteiger partial charge in [-0.05, 0) is 41.5 Å². The molecule has 15 heteroatoms. The molecule has 0 atom stereocenters. The van der Waals surface area contributed by atoms with Gasteiger partial charge in [-0.25, -0.2) is 4.39 Å². The van der Waals surface area contributed by atoms with Gasteiger partial charge in [-0.3, -0.25) is 4.90 Å². The summed E-state index contributed by atoms with van der Waals surface area (Å²) in [5.41, 5.74) is -6.41. The molecule has 0 saturated heterocycles. The van der Waals surface area contributed by atoms with Crippen LogP contribution in [0.5, 0.6) is 5.75 Å². The summed E-state index contributed by atoms with van der Waals surface area (Å²) in [4.78, 5) is 1.01. The van der Waals surface area contributed by atoms with Crippen LogP contribution in [-0.4, -0.2) is 48.3 Å². The minimum Gasteiger partial charge on any atom is -0.493 e. The number of hydrogen-bond acceptors (Lipinski definition) is 4. The van der Waals surface area contributed by atoms with E-state index in [9.17, 15) is 49.0 Å². The van der Waals surface area contributed by atoms with Crippen LogP contribution in [0, 0.1) is 5.82 Å². The lowest BCUT2D eigenvalue weighted by Gasteiger charge is -2.34. The highest BCUT2D eigenvalue weighted by Gasteiger charge is 2.73. The molecular weight excluding hydrogens is 724 g/mol. The smallest absolute Gasteiger partial charge is 0.430 e. The Balaban J connectivity index is 1.60. The van der Waals surface area contributed by atoms with Gasteiger partial charge in [0.15, 0.2) is 0 Å². The summed E-state index contributed by atoms with van der Waals surface area (Å²) in [5, 5.41) is 9.37. The third-order valence-corrected chi connectivity index (χ3v) is 9.15. The van der Waals surface area contributed by atoms with Gasteiger partial charge in [-0.15, -0.1) is 11.8 Å². The number of hydrogen-bond donors (Lipinski definition) is 1.